The summed E-state index contributed by atoms with van der Waals surface area (Å²) in [6.07, 6.45) is 7.15. The predicted octanol–water partition coefficient (Wildman–Crippen LogP) is 2.86. The van der Waals surface area contributed by atoms with Gasteiger partial charge in [-0.05, 0) is 37.5 Å². The van der Waals surface area contributed by atoms with Crippen LogP contribution >= 0.6 is 23.2 Å². The van der Waals surface area contributed by atoms with Crippen LogP contribution in [-0.4, -0.2) is 36.6 Å². The summed E-state index contributed by atoms with van der Waals surface area (Å²) in [5.74, 6) is -1.56. The normalized spacial score (nSPS) is 12.8. The molecule has 0 fully saturated rings. The summed E-state index contributed by atoms with van der Waals surface area (Å²) in [5.41, 5.74) is 5.34. The van der Waals surface area contributed by atoms with E-state index in [0.717, 1.165) is 0 Å². The van der Waals surface area contributed by atoms with Gasteiger partial charge in [0.05, 0.1) is 0 Å². The molecule has 0 radical (unpaired) electrons. The van der Waals surface area contributed by atoms with Crippen molar-refractivity contribution in [2.75, 3.05) is 12.4 Å². The van der Waals surface area contributed by atoms with E-state index in [0.29, 0.717) is 15.7 Å². The zero-order valence-corrected chi connectivity index (χ0v) is 15.1. The number of anilines is 1. The fourth-order valence-electron chi connectivity index (χ4n) is 1.78. The Kier molecular flexibility index (Phi) is 12.1. The van der Waals surface area contributed by atoms with Crippen molar-refractivity contribution in [3.05, 3.63) is 40.4 Å². The lowest BCUT2D eigenvalue weighted by Crippen LogP contribution is -2.40. The highest BCUT2D eigenvalue weighted by Crippen LogP contribution is 2.22. The zero-order chi connectivity index (χ0) is 19.2. The van der Waals surface area contributed by atoms with Crippen molar-refractivity contribution < 1.29 is 24.2 Å². The SMILES string of the molecule is C1=CCCC1.COC(C(N)=O)C(=O)Nc1cc(Cl)cc(Cl)c1.O=CO. The van der Waals surface area contributed by atoms with E-state index in [9.17, 15) is 9.59 Å². The number of allylic oxidation sites excluding steroid dienone is 2. The number of hydrogen-bond acceptors (Lipinski definition) is 4. The third kappa shape index (κ3) is 10.4. The maximum Gasteiger partial charge on any atom is 0.290 e. The van der Waals surface area contributed by atoms with Crippen LogP contribution in [-0.2, 0) is 19.1 Å². The molecule has 7 nitrogen and oxygen atoms in total. The monoisotopic (exact) mass is 390 g/mol. The Balaban J connectivity index is 0.000000592. The Hall–Kier alpha value is -2.09. The largest absolute Gasteiger partial charge is 0.483 e. The van der Waals surface area contributed by atoms with Crippen molar-refractivity contribution >= 4 is 47.2 Å². The van der Waals surface area contributed by atoms with Crippen LogP contribution in [0.4, 0.5) is 5.69 Å². The minimum absolute atomic E-state index is 0.250. The van der Waals surface area contributed by atoms with Gasteiger partial charge < -0.3 is 20.9 Å². The van der Waals surface area contributed by atoms with Crippen LogP contribution < -0.4 is 11.1 Å². The summed E-state index contributed by atoms with van der Waals surface area (Å²) in [5, 5.41) is 10.0. The number of nitrogens with one attached hydrogen (secondary N) is 1. The van der Waals surface area contributed by atoms with Gasteiger partial charge in [0.2, 0.25) is 6.10 Å². The molecule has 2 rings (SSSR count). The molecule has 9 heteroatoms. The van der Waals surface area contributed by atoms with Gasteiger partial charge >= 0.3 is 0 Å². The van der Waals surface area contributed by atoms with Crippen LogP contribution in [0.25, 0.3) is 0 Å². The van der Waals surface area contributed by atoms with Gasteiger partial charge in [0.15, 0.2) is 0 Å². The molecule has 1 atom stereocenters. The number of halogens is 2. The summed E-state index contributed by atoms with van der Waals surface area (Å²) in [6, 6.07) is 4.48. The number of primary amides is 1. The lowest BCUT2D eigenvalue weighted by Gasteiger charge is -2.12. The number of carbonyl (C=O) groups is 3. The molecule has 0 heterocycles. The lowest BCUT2D eigenvalue weighted by molar-refractivity contribution is -0.138. The van der Waals surface area contributed by atoms with E-state index in [1.165, 1.54) is 44.6 Å². The molecule has 0 aromatic heterocycles. The van der Waals surface area contributed by atoms with Gasteiger partial charge in [-0.1, -0.05) is 35.4 Å². The van der Waals surface area contributed by atoms with Crippen molar-refractivity contribution in [3.63, 3.8) is 0 Å². The summed E-state index contributed by atoms with van der Waals surface area (Å²) >= 11 is 11.5. The average molecular weight is 391 g/mol. The van der Waals surface area contributed by atoms with Crippen LogP contribution in [0.5, 0.6) is 0 Å². The molecule has 4 N–H and O–H groups in total. The first-order valence-corrected chi connectivity index (χ1v) is 7.93. The Labute approximate surface area is 155 Å². The van der Waals surface area contributed by atoms with Gasteiger partial charge in [0.25, 0.3) is 18.3 Å². The Morgan fingerprint density at radius 2 is 1.72 bits per heavy atom. The van der Waals surface area contributed by atoms with Gasteiger partial charge in [0.1, 0.15) is 0 Å². The number of hydrogen-bond donors (Lipinski definition) is 3. The molecule has 2 amide bonds. The molecule has 25 heavy (non-hydrogen) atoms. The Morgan fingerprint density at radius 1 is 1.24 bits per heavy atom. The third-order valence-corrected chi connectivity index (χ3v) is 3.21. The van der Waals surface area contributed by atoms with Crippen LogP contribution in [0, 0.1) is 0 Å². The third-order valence-electron chi connectivity index (χ3n) is 2.77. The molecule has 1 aliphatic carbocycles. The van der Waals surface area contributed by atoms with Crippen molar-refractivity contribution in [1.29, 1.82) is 0 Å². The number of carboxylic acid groups (broad SMARTS) is 1. The number of benzene rings is 1. The van der Waals surface area contributed by atoms with Gasteiger partial charge in [-0.15, -0.1) is 0 Å². The van der Waals surface area contributed by atoms with Crippen molar-refractivity contribution in [2.45, 2.75) is 25.4 Å². The minimum Gasteiger partial charge on any atom is -0.483 e. The summed E-state index contributed by atoms with van der Waals surface area (Å²) in [4.78, 5) is 30.8. The highest BCUT2D eigenvalue weighted by Gasteiger charge is 2.23. The number of carbonyl (C=O) groups excluding carboxylic acids is 2. The fourth-order valence-corrected chi connectivity index (χ4v) is 2.30. The number of amides is 2. The minimum atomic E-state index is -1.35. The number of nitrogens with two attached hydrogens (primary N) is 1. The first-order valence-electron chi connectivity index (χ1n) is 7.17. The maximum absolute atomic E-state index is 11.6. The molecule has 0 spiro atoms. The summed E-state index contributed by atoms with van der Waals surface area (Å²) < 4.78 is 4.65. The number of methoxy groups -OCH3 is 1. The van der Waals surface area contributed by atoms with Crippen molar-refractivity contribution in [1.82, 2.24) is 0 Å². The highest BCUT2D eigenvalue weighted by molar-refractivity contribution is 6.35. The second-order valence-corrected chi connectivity index (χ2v) is 5.55. The van der Waals surface area contributed by atoms with E-state index >= 15 is 0 Å². The molecule has 1 aliphatic rings. The summed E-state index contributed by atoms with van der Waals surface area (Å²) in [7, 11) is 1.21. The van der Waals surface area contributed by atoms with Gasteiger partial charge in [-0.3, -0.25) is 14.4 Å². The van der Waals surface area contributed by atoms with E-state index < -0.39 is 17.9 Å². The quantitative estimate of drug-likeness (QED) is 0.414. The Bertz CT molecular complexity index is 582. The summed E-state index contributed by atoms with van der Waals surface area (Å²) in [6.45, 7) is -0.250. The molecule has 0 aliphatic heterocycles. The second kappa shape index (κ2) is 13.2. The molecule has 1 aromatic rings. The van der Waals surface area contributed by atoms with E-state index in [4.69, 9.17) is 38.8 Å². The van der Waals surface area contributed by atoms with Crippen LogP contribution in [0.2, 0.25) is 10.0 Å². The number of rotatable bonds is 4. The maximum atomic E-state index is 11.6. The average Bonchev–Trinajstić information content (AvgIpc) is 3.06. The molecular weight excluding hydrogens is 371 g/mol. The Morgan fingerprint density at radius 3 is 2.04 bits per heavy atom. The highest BCUT2D eigenvalue weighted by atomic mass is 35.5. The number of ether oxygens (including phenoxy) is 1. The van der Waals surface area contributed by atoms with E-state index in [1.807, 2.05) is 0 Å². The van der Waals surface area contributed by atoms with Crippen LogP contribution in [0.3, 0.4) is 0 Å². The van der Waals surface area contributed by atoms with Gasteiger partial charge in [0, 0.05) is 22.8 Å². The molecular formula is C16H20Cl2N2O5. The van der Waals surface area contributed by atoms with E-state index in [-0.39, 0.29) is 6.47 Å². The molecule has 0 saturated carbocycles. The first-order chi connectivity index (χ1) is 11.8. The van der Waals surface area contributed by atoms with Crippen molar-refractivity contribution in [2.24, 2.45) is 5.73 Å². The van der Waals surface area contributed by atoms with Crippen LogP contribution in [0.15, 0.2) is 30.4 Å². The molecule has 0 saturated heterocycles. The predicted molar refractivity (Wildman–Crippen MR) is 96.8 cm³/mol. The van der Waals surface area contributed by atoms with E-state index in [2.05, 4.69) is 22.2 Å². The molecule has 1 aromatic carbocycles. The standard InChI is InChI=1S/C10H10Cl2N2O3.C5H8.CH2O2/c1-17-8(9(13)15)10(16)14-7-3-5(11)2-6(12)4-7;1-2-4-5-3-1;2-1-3/h2-4,8H,1H3,(H2,13,15)(H,14,16);1-2H,3-5H2;1H,(H,2,3). The van der Waals surface area contributed by atoms with E-state index in [1.54, 1.807) is 0 Å². The van der Waals surface area contributed by atoms with Gasteiger partial charge in [-0.25, -0.2) is 0 Å². The van der Waals surface area contributed by atoms with Crippen molar-refractivity contribution in [3.8, 4) is 0 Å². The zero-order valence-electron chi connectivity index (χ0n) is 13.6. The first kappa shape index (κ1) is 22.9. The molecule has 0 bridgehead atoms. The second-order valence-electron chi connectivity index (χ2n) is 4.67. The molecule has 1 unspecified atom stereocenters. The lowest BCUT2D eigenvalue weighted by atomic mass is 10.2. The van der Waals surface area contributed by atoms with Crippen LogP contribution in [0.1, 0.15) is 19.3 Å². The molecule has 138 valence electrons. The topological polar surface area (TPSA) is 119 Å². The fraction of sp³-hybridized carbons (Fsp3) is 0.312. The smallest absolute Gasteiger partial charge is 0.290 e. The van der Waals surface area contributed by atoms with Gasteiger partial charge in [-0.2, -0.15) is 0 Å².